The number of hydrogen-bond donors (Lipinski definition) is 2. The van der Waals surface area contributed by atoms with Crippen LogP contribution < -0.4 is 10.6 Å². The van der Waals surface area contributed by atoms with Gasteiger partial charge in [-0.25, -0.2) is 9.37 Å². The number of aryl methyl sites for hydroxylation is 1. The van der Waals surface area contributed by atoms with Crippen LogP contribution in [0, 0.1) is 12.7 Å². The Balaban J connectivity index is 1.45. The van der Waals surface area contributed by atoms with Crippen LogP contribution in [-0.2, 0) is 13.0 Å². The molecule has 0 aliphatic heterocycles. The van der Waals surface area contributed by atoms with Crippen LogP contribution in [0.1, 0.15) is 16.7 Å². The maximum Gasteiger partial charge on any atom is 0.225 e. The van der Waals surface area contributed by atoms with E-state index in [1.807, 2.05) is 23.6 Å². The second-order valence-electron chi connectivity index (χ2n) is 6.67. The molecule has 0 saturated heterocycles. The third kappa shape index (κ3) is 4.46. The van der Waals surface area contributed by atoms with Crippen molar-refractivity contribution in [2.24, 2.45) is 0 Å². The molecule has 4 rings (SSSR count). The van der Waals surface area contributed by atoms with Gasteiger partial charge in [0.15, 0.2) is 0 Å². The first-order chi connectivity index (χ1) is 13.7. The van der Waals surface area contributed by atoms with E-state index in [-0.39, 0.29) is 5.82 Å². The van der Waals surface area contributed by atoms with Gasteiger partial charge in [0, 0.05) is 13.1 Å². The summed E-state index contributed by atoms with van der Waals surface area (Å²) in [5, 5.41) is 8.75. The molecule has 4 aromatic rings. The predicted molar refractivity (Wildman–Crippen MR) is 115 cm³/mol. The minimum atomic E-state index is -0.211. The van der Waals surface area contributed by atoms with E-state index < -0.39 is 0 Å². The summed E-state index contributed by atoms with van der Waals surface area (Å²) >= 11 is 1.62. The topological polar surface area (TPSA) is 49.8 Å². The molecular weight excluding hydrogens is 371 g/mol. The lowest BCUT2D eigenvalue weighted by Gasteiger charge is -2.10. The molecule has 0 atom stereocenters. The van der Waals surface area contributed by atoms with Crippen LogP contribution in [0.4, 0.5) is 16.2 Å². The Bertz CT molecular complexity index is 1060. The molecule has 0 amide bonds. The molecule has 2 aromatic carbocycles. The maximum atomic E-state index is 13.0. The lowest BCUT2D eigenvalue weighted by atomic mass is 10.1. The van der Waals surface area contributed by atoms with E-state index in [0.29, 0.717) is 19.0 Å². The predicted octanol–water partition coefficient (Wildman–Crippen LogP) is 5.41. The molecule has 0 radical (unpaired) electrons. The number of hydrogen-bond acceptors (Lipinski definition) is 5. The fraction of sp³-hybridized carbons (Fsp3) is 0.182. The van der Waals surface area contributed by atoms with E-state index in [1.54, 1.807) is 11.3 Å². The lowest BCUT2D eigenvalue weighted by molar-refractivity contribution is 0.627. The smallest absolute Gasteiger partial charge is 0.225 e. The van der Waals surface area contributed by atoms with Crippen molar-refractivity contribution in [1.29, 1.82) is 0 Å². The summed E-state index contributed by atoms with van der Waals surface area (Å²) in [6, 6.07) is 17.0. The number of aromatic nitrogens is 2. The highest BCUT2D eigenvalue weighted by molar-refractivity contribution is 7.17. The number of nitrogens with zero attached hydrogens (tertiary/aromatic N) is 2. The molecule has 6 heteroatoms. The number of nitrogens with one attached hydrogen (secondary N) is 2. The third-order valence-electron chi connectivity index (χ3n) is 4.49. The molecule has 4 nitrogen and oxygen atoms in total. The van der Waals surface area contributed by atoms with Crippen molar-refractivity contribution in [3.63, 3.8) is 0 Å². The first kappa shape index (κ1) is 18.4. The van der Waals surface area contributed by atoms with Crippen LogP contribution in [-0.4, -0.2) is 16.5 Å². The molecule has 2 aromatic heterocycles. The highest BCUT2D eigenvalue weighted by Gasteiger charge is 2.09. The zero-order valence-corrected chi connectivity index (χ0v) is 16.4. The summed E-state index contributed by atoms with van der Waals surface area (Å²) in [6.07, 6.45) is 0.795. The molecule has 0 unspecified atom stereocenters. The van der Waals surface area contributed by atoms with Gasteiger partial charge in [-0.3, -0.25) is 0 Å². The Morgan fingerprint density at radius 3 is 2.43 bits per heavy atom. The van der Waals surface area contributed by atoms with Gasteiger partial charge in [0.25, 0.3) is 0 Å². The average molecular weight is 393 g/mol. The number of fused-ring (bicyclic) bond motifs is 1. The van der Waals surface area contributed by atoms with Crippen molar-refractivity contribution in [3.05, 3.63) is 82.5 Å². The van der Waals surface area contributed by atoms with Crippen molar-refractivity contribution in [1.82, 2.24) is 9.97 Å². The van der Waals surface area contributed by atoms with Crippen molar-refractivity contribution in [2.75, 3.05) is 17.2 Å². The minimum Gasteiger partial charge on any atom is -0.368 e. The number of rotatable bonds is 7. The van der Waals surface area contributed by atoms with E-state index in [0.717, 1.165) is 28.0 Å². The van der Waals surface area contributed by atoms with Gasteiger partial charge in [-0.05, 0) is 48.1 Å². The van der Waals surface area contributed by atoms with Gasteiger partial charge in [-0.15, -0.1) is 11.3 Å². The molecule has 0 saturated carbocycles. The second kappa shape index (κ2) is 8.35. The second-order valence-corrected chi connectivity index (χ2v) is 7.59. The zero-order valence-electron chi connectivity index (χ0n) is 15.6. The highest BCUT2D eigenvalue weighted by Crippen LogP contribution is 2.27. The van der Waals surface area contributed by atoms with Gasteiger partial charge in [0.2, 0.25) is 5.95 Å². The quantitative estimate of drug-likeness (QED) is 0.442. The van der Waals surface area contributed by atoms with Crippen molar-refractivity contribution in [2.45, 2.75) is 19.9 Å². The molecule has 0 bridgehead atoms. The Morgan fingerprint density at radius 2 is 1.64 bits per heavy atom. The standard InChI is InChI=1S/C22H21FN4S/c1-15-2-4-17(5-3-15)14-25-22-26-19-11-13-28-20(19)21(27-22)24-12-10-16-6-8-18(23)9-7-16/h2-9,11,13H,10,12,14H2,1H3,(H2,24,25,26,27). The molecule has 28 heavy (non-hydrogen) atoms. The minimum absolute atomic E-state index is 0.211. The lowest BCUT2D eigenvalue weighted by Crippen LogP contribution is -2.09. The maximum absolute atomic E-state index is 13.0. The van der Waals surface area contributed by atoms with Crippen LogP contribution in [0.15, 0.2) is 60.0 Å². The molecule has 142 valence electrons. The third-order valence-corrected chi connectivity index (χ3v) is 5.40. The van der Waals surface area contributed by atoms with E-state index in [4.69, 9.17) is 0 Å². The zero-order chi connectivity index (χ0) is 19.3. The van der Waals surface area contributed by atoms with Crippen LogP contribution in [0.2, 0.25) is 0 Å². The summed E-state index contributed by atoms with van der Waals surface area (Å²) in [5.41, 5.74) is 4.44. The van der Waals surface area contributed by atoms with Crippen LogP contribution >= 0.6 is 11.3 Å². The largest absolute Gasteiger partial charge is 0.368 e. The Morgan fingerprint density at radius 1 is 0.893 bits per heavy atom. The Hall–Kier alpha value is -2.99. The molecule has 0 aliphatic carbocycles. The van der Waals surface area contributed by atoms with Crippen LogP contribution in [0.5, 0.6) is 0 Å². The Labute approximate surface area is 167 Å². The van der Waals surface area contributed by atoms with E-state index in [2.05, 4.69) is 51.8 Å². The number of anilines is 2. The number of thiophene rings is 1. The summed E-state index contributed by atoms with van der Waals surface area (Å²) in [5.74, 6) is 1.22. The fourth-order valence-corrected chi connectivity index (χ4v) is 3.72. The van der Waals surface area contributed by atoms with Crippen LogP contribution in [0.3, 0.4) is 0 Å². The van der Waals surface area contributed by atoms with Gasteiger partial charge in [-0.2, -0.15) is 4.98 Å². The summed E-state index contributed by atoms with van der Waals surface area (Å²) in [6.45, 7) is 3.46. The van der Waals surface area contributed by atoms with Gasteiger partial charge in [0.1, 0.15) is 11.6 Å². The number of halogens is 1. The van der Waals surface area contributed by atoms with Crippen molar-refractivity contribution < 1.29 is 4.39 Å². The van der Waals surface area contributed by atoms with Gasteiger partial charge >= 0.3 is 0 Å². The highest BCUT2D eigenvalue weighted by atomic mass is 32.1. The van der Waals surface area contributed by atoms with Gasteiger partial charge in [-0.1, -0.05) is 42.0 Å². The van der Waals surface area contributed by atoms with E-state index in [9.17, 15) is 4.39 Å². The molecule has 2 N–H and O–H groups in total. The molecular formula is C22H21FN4S. The Kier molecular flexibility index (Phi) is 5.48. The van der Waals surface area contributed by atoms with E-state index >= 15 is 0 Å². The van der Waals surface area contributed by atoms with E-state index in [1.165, 1.54) is 23.3 Å². The average Bonchev–Trinajstić information content (AvgIpc) is 3.18. The number of benzene rings is 2. The van der Waals surface area contributed by atoms with Crippen LogP contribution in [0.25, 0.3) is 10.2 Å². The van der Waals surface area contributed by atoms with Gasteiger partial charge in [0.05, 0.1) is 10.2 Å². The first-order valence-electron chi connectivity index (χ1n) is 9.20. The molecule has 0 spiro atoms. The van der Waals surface area contributed by atoms with Gasteiger partial charge < -0.3 is 10.6 Å². The summed E-state index contributed by atoms with van der Waals surface area (Å²) in [4.78, 5) is 9.28. The monoisotopic (exact) mass is 392 g/mol. The van der Waals surface area contributed by atoms with Crippen molar-refractivity contribution in [3.8, 4) is 0 Å². The SMILES string of the molecule is Cc1ccc(CNc2nc(NCCc3ccc(F)cc3)c3sccc3n2)cc1. The van der Waals surface area contributed by atoms with Crippen molar-refractivity contribution >= 4 is 33.3 Å². The normalized spacial score (nSPS) is 10.9. The summed E-state index contributed by atoms with van der Waals surface area (Å²) in [7, 11) is 0. The first-order valence-corrected chi connectivity index (χ1v) is 10.1. The molecule has 0 aliphatic rings. The summed E-state index contributed by atoms with van der Waals surface area (Å²) < 4.78 is 14.1. The molecule has 2 heterocycles. The molecule has 0 fully saturated rings. The fourth-order valence-electron chi connectivity index (χ4n) is 2.93.